The largest absolute Gasteiger partial charge is 0.481 e. The minimum Gasteiger partial charge on any atom is -0.481 e. The number of carbonyl (C=O) groups is 2. The van der Waals surface area contributed by atoms with E-state index in [1.807, 2.05) is 6.92 Å². The molecule has 0 heterocycles. The SMILES string of the molecule is C=CCC(C)NC(=O)c1cc(C)c(OCC(=O)O)c(C)c1. The molecule has 0 radical (unpaired) electrons. The lowest BCUT2D eigenvalue weighted by Crippen LogP contribution is -2.32. The molecule has 0 aliphatic rings. The van der Waals surface area contributed by atoms with Crippen molar-refractivity contribution in [2.75, 3.05) is 6.61 Å². The Morgan fingerprint density at radius 2 is 1.95 bits per heavy atom. The number of ether oxygens (including phenoxy) is 1. The van der Waals surface area contributed by atoms with Crippen LogP contribution >= 0.6 is 0 Å². The van der Waals surface area contributed by atoms with Gasteiger partial charge in [-0.2, -0.15) is 0 Å². The molecule has 0 spiro atoms. The number of carbonyl (C=O) groups excluding carboxylic acids is 1. The van der Waals surface area contributed by atoms with Crippen LogP contribution in [0.1, 0.15) is 34.8 Å². The molecule has 0 saturated carbocycles. The van der Waals surface area contributed by atoms with Gasteiger partial charge in [-0.15, -0.1) is 6.58 Å². The molecule has 1 aromatic rings. The van der Waals surface area contributed by atoms with E-state index < -0.39 is 12.6 Å². The van der Waals surface area contributed by atoms with E-state index in [4.69, 9.17) is 9.84 Å². The van der Waals surface area contributed by atoms with Gasteiger partial charge in [0.05, 0.1) is 0 Å². The standard InChI is InChI=1S/C16H21NO4/c1-5-6-12(4)17-16(20)13-7-10(2)15(11(3)8-13)21-9-14(18)19/h5,7-8,12H,1,6,9H2,2-4H3,(H,17,20)(H,18,19). The molecule has 0 bridgehead atoms. The predicted molar refractivity (Wildman–Crippen MR) is 80.8 cm³/mol. The number of aryl methyl sites for hydroxylation is 2. The van der Waals surface area contributed by atoms with E-state index in [2.05, 4.69) is 11.9 Å². The fraction of sp³-hybridized carbons (Fsp3) is 0.375. The highest BCUT2D eigenvalue weighted by Crippen LogP contribution is 2.24. The predicted octanol–water partition coefficient (Wildman–Crippen LogP) is 2.46. The van der Waals surface area contributed by atoms with Gasteiger partial charge < -0.3 is 15.2 Å². The number of hydrogen-bond acceptors (Lipinski definition) is 3. The second-order valence-electron chi connectivity index (χ2n) is 5.02. The average molecular weight is 291 g/mol. The van der Waals surface area contributed by atoms with Crippen LogP contribution in [0.15, 0.2) is 24.8 Å². The van der Waals surface area contributed by atoms with Gasteiger partial charge in [-0.25, -0.2) is 4.79 Å². The molecule has 1 amide bonds. The molecular formula is C16H21NO4. The van der Waals surface area contributed by atoms with Crippen molar-refractivity contribution in [1.29, 1.82) is 0 Å². The highest BCUT2D eigenvalue weighted by atomic mass is 16.5. The van der Waals surface area contributed by atoms with Gasteiger partial charge in [-0.1, -0.05) is 6.08 Å². The second kappa shape index (κ2) is 7.47. The smallest absolute Gasteiger partial charge is 0.341 e. The molecule has 2 N–H and O–H groups in total. The molecule has 5 heteroatoms. The van der Waals surface area contributed by atoms with Crippen molar-refractivity contribution in [3.05, 3.63) is 41.5 Å². The summed E-state index contributed by atoms with van der Waals surface area (Å²) in [5.41, 5.74) is 2.00. The average Bonchev–Trinajstić information content (AvgIpc) is 2.37. The van der Waals surface area contributed by atoms with Gasteiger partial charge in [0.25, 0.3) is 5.91 Å². The van der Waals surface area contributed by atoms with Gasteiger partial charge in [0.15, 0.2) is 6.61 Å². The summed E-state index contributed by atoms with van der Waals surface area (Å²) in [5, 5.41) is 11.5. The van der Waals surface area contributed by atoms with Crippen molar-refractivity contribution >= 4 is 11.9 Å². The summed E-state index contributed by atoms with van der Waals surface area (Å²) in [5.74, 6) is -0.692. The third-order valence-electron chi connectivity index (χ3n) is 2.96. The summed E-state index contributed by atoms with van der Waals surface area (Å²) in [7, 11) is 0. The third kappa shape index (κ3) is 4.95. The zero-order valence-corrected chi connectivity index (χ0v) is 12.6. The Morgan fingerprint density at radius 1 is 1.38 bits per heavy atom. The zero-order chi connectivity index (χ0) is 16.0. The van der Waals surface area contributed by atoms with Gasteiger partial charge >= 0.3 is 5.97 Å². The van der Waals surface area contributed by atoms with E-state index in [1.54, 1.807) is 32.1 Å². The van der Waals surface area contributed by atoms with E-state index in [9.17, 15) is 9.59 Å². The first-order valence-electron chi connectivity index (χ1n) is 6.72. The number of hydrogen-bond donors (Lipinski definition) is 2. The van der Waals surface area contributed by atoms with Gasteiger partial charge in [0.2, 0.25) is 0 Å². The van der Waals surface area contributed by atoms with Crippen LogP contribution in [0.25, 0.3) is 0 Å². The quantitative estimate of drug-likeness (QED) is 0.757. The molecule has 0 aromatic heterocycles. The maximum Gasteiger partial charge on any atom is 0.341 e. The lowest BCUT2D eigenvalue weighted by atomic mass is 10.0. The maximum absolute atomic E-state index is 12.1. The van der Waals surface area contributed by atoms with Crippen LogP contribution in [0.3, 0.4) is 0 Å². The van der Waals surface area contributed by atoms with Crippen LogP contribution < -0.4 is 10.1 Å². The van der Waals surface area contributed by atoms with Crippen LogP contribution in [-0.4, -0.2) is 29.6 Å². The highest BCUT2D eigenvalue weighted by Gasteiger charge is 2.14. The number of carboxylic acids is 1. The van der Waals surface area contributed by atoms with Gasteiger partial charge in [0, 0.05) is 11.6 Å². The zero-order valence-electron chi connectivity index (χ0n) is 12.6. The number of aliphatic carboxylic acids is 1. The lowest BCUT2D eigenvalue weighted by molar-refractivity contribution is -0.139. The fourth-order valence-electron chi connectivity index (χ4n) is 2.06. The van der Waals surface area contributed by atoms with Crippen LogP contribution in [0.2, 0.25) is 0 Å². The Morgan fingerprint density at radius 3 is 2.43 bits per heavy atom. The summed E-state index contributed by atoms with van der Waals surface area (Å²) >= 11 is 0. The topological polar surface area (TPSA) is 75.6 Å². The van der Waals surface area contributed by atoms with Crippen molar-refractivity contribution in [2.24, 2.45) is 0 Å². The molecule has 114 valence electrons. The molecule has 21 heavy (non-hydrogen) atoms. The number of carboxylic acid groups (broad SMARTS) is 1. The van der Waals surface area contributed by atoms with E-state index in [0.717, 1.165) is 11.1 Å². The van der Waals surface area contributed by atoms with Crippen molar-refractivity contribution in [1.82, 2.24) is 5.32 Å². The molecule has 0 fully saturated rings. The fourth-order valence-corrected chi connectivity index (χ4v) is 2.06. The van der Waals surface area contributed by atoms with Crippen molar-refractivity contribution < 1.29 is 19.4 Å². The first-order chi connectivity index (χ1) is 9.85. The number of amides is 1. The van der Waals surface area contributed by atoms with Crippen LogP contribution in [0, 0.1) is 13.8 Å². The lowest BCUT2D eigenvalue weighted by Gasteiger charge is -2.15. The first kappa shape index (κ1) is 16.8. The number of nitrogens with one attached hydrogen (secondary N) is 1. The maximum atomic E-state index is 12.1. The molecule has 1 unspecified atom stereocenters. The normalized spacial score (nSPS) is 11.6. The summed E-state index contributed by atoms with van der Waals surface area (Å²) in [6.45, 7) is 8.72. The van der Waals surface area contributed by atoms with E-state index >= 15 is 0 Å². The molecule has 1 aromatic carbocycles. The Kier molecular flexibility index (Phi) is 5.96. The Hall–Kier alpha value is -2.30. The second-order valence-corrected chi connectivity index (χ2v) is 5.02. The summed E-state index contributed by atoms with van der Waals surface area (Å²) in [6.07, 6.45) is 2.45. The minimum atomic E-state index is -1.03. The molecule has 1 rings (SSSR count). The monoisotopic (exact) mass is 291 g/mol. The molecular weight excluding hydrogens is 270 g/mol. The van der Waals surface area contributed by atoms with Crippen LogP contribution in [0.4, 0.5) is 0 Å². The molecule has 1 atom stereocenters. The molecule has 0 saturated heterocycles. The van der Waals surface area contributed by atoms with E-state index in [0.29, 0.717) is 17.7 Å². The van der Waals surface area contributed by atoms with E-state index in [1.165, 1.54) is 0 Å². The number of benzene rings is 1. The van der Waals surface area contributed by atoms with Crippen LogP contribution in [-0.2, 0) is 4.79 Å². The summed E-state index contributed by atoms with van der Waals surface area (Å²) < 4.78 is 5.24. The molecule has 0 aliphatic heterocycles. The van der Waals surface area contributed by atoms with Crippen molar-refractivity contribution in [2.45, 2.75) is 33.2 Å². The Labute approximate surface area is 124 Å². The minimum absolute atomic E-state index is 0.0125. The Bertz CT molecular complexity index is 528. The Balaban J connectivity index is 2.89. The van der Waals surface area contributed by atoms with Gasteiger partial charge in [-0.3, -0.25) is 4.79 Å². The van der Waals surface area contributed by atoms with Crippen LogP contribution in [0.5, 0.6) is 5.75 Å². The highest BCUT2D eigenvalue weighted by molar-refractivity contribution is 5.95. The van der Waals surface area contributed by atoms with E-state index in [-0.39, 0.29) is 11.9 Å². The summed E-state index contributed by atoms with van der Waals surface area (Å²) in [6, 6.07) is 3.40. The molecule has 0 aliphatic carbocycles. The number of rotatable bonds is 7. The first-order valence-corrected chi connectivity index (χ1v) is 6.72. The molecule has 5 nitrogen and oxygen atoms in total. The van der Waals surface area contributed by atoms with Gasteiger partial charge in [-0.05, 0) is 50.5 Å². The van der Waals surface area contributed by atoms with Crippen molar-refractivity contribution in [3.63, 3.8) is 0 Å². The van der Waals surface area contributed by atoms with Crippen molar-refractivity contribution in [3.8, 4) is 5.75 Å². The van der Waals surface area contributed by atoms with Gasteiger partial charge in [0.1, 0.15) is 5.75 Å². The third-order valence-corrected chi connectivity index (χ3v) is 2.96. The summed E-state index contributed by atoms with van der Waals surface area (Å²) in [4.78, 5) is 22.7.